The van der Waals surface area contributed by atoms with Crippen molar-refractivity contribution in [2.75, 3.05) is 54.6 Å². The number of Topliss-reactive ketones (excluding diaryl/α,β-unsaturated/α-hetero) is 1. The quantitative estimate of drug-likeness (QED) is 0.126. The van der Waals surface area contributed by atoms with E-state index in [-0.39, 0.29) is 24.2 Å². The minimum Gasteiger partial charge on any atom is -0.493 e. The Kier molecular flexibility index (Phi) is 17.5. The molecule has 1 N–H and O–H groups in total. The number of fused-ring (bicyclic) bond motifs is 1. The molecule has 59 heavy (non-hydrogen) atoms. The first-order valence-electron chi connectivity index (χ1n) is 21.0. The summed E-state index contributed by atoms with van der Waals surface area (Å²) in [5.41, 5.74) is 5.62. The number of aliphatic carboxylic acids is 1. The highest BCUT2D eigenvalue weighted by molar-refractivity contribution is 6.00. The van der Waals surface area contributed by atoms with Crippen LogP contribution in [0.5, 0.6) is 23.0 Å². The molecule has 318 valence electrons. The van der Waals surface area contributed by atoms with Gasteiger partial charge in [-0.3, -0.25) is 19.4 Å². The van der Waals surface area contributed by atoms with E-state index in [9.17, 15) is 14.7 Å². The van der Waals surface area contributed by atoms with Gasteiger partial charge >= 0.3 is 5.97 Å². The van der Waals surface area contributed by atoms with E-state index in [0.717, 1.165) is 94.5 Å². The molecule has 2 heterocycles. The van der Waals surface area contributed by atoms with E-state index in [2.05, 4.69) is 64.4 Å². The first-order chi connectivity index (χ1) is 28.3. The lowest BCUT2D eigenvalue weighted by Gasteiger charge is -2.34. The Morgan fingerprint density at radius 3 is 1.68 bits per heavy atom. The van der Waals surface area contributed by atoms with Crippen molar-refractivity contribution in [1.29, 1.82) is 0 Å². The van der Waals surface area contributed by atoms with Crippen LogP contribution in [-0.4, -0.2) is 81.3 Å². The second kappa shape index (κ2) is 22.7. The first-order valence-corrected chi connectivity index (χ1v) is 21.0. The molecule has 0 spiro atoms. The summed E-state index contributed by atoms with van der Waals surface area (Å²) in [6, 6.07) is 30.7. The number of halogens is 1. The number of carbonyl (C=O) groups excluding carboxylic acids is 1. The number of ether oxygens (including phenoxy) is 4. The van der Waals surface area contributed by atoms with Gasteiger partial charge < -0.3 is 24.1 Å². The third-order valence-electron chi connectivity index (χ3n) is 12.4. The van der Waals surface area contributed by atoms with Crippen molar-refractivity contribution in [2.45, 2.75) is 70.9 Å². The van der Waals surface area contributed by atoms with Gasteiger partial charge in [-0.2, -0.15) is 0 Å². The average molecular weight is 828 g/mol. The second-order valence-corrected chi connectivity index (χ2v) is 16.3. The van der Waals surface area contributed by atoms with Crippen molar-refractivity contribution >= 4 is 24.2 Å². The predicted octanol–water partition coefficient (Wildman–Crippen LogP) is 9.42. The van der Waals surface area contributed by atoms with Gasteiger partial charge in [-0.15, -0.1) is 12.4 Å². The number of nitrogens with zero attached hydrogens (tertiary/aromatic N) is 2. The fraction of sp³-hybridized carbons (Fsp3) is 0.469. The number of likely N-dealkylation sites (tertiary alicyclic amines) is 2. The SMILES string of the molecule is COc1cc2c(cc1OC)C(=O)C(CC1CCN(Cc3ccccc3)CC1)CC2.COc1ccc(CC(CC2CCN(Cc3ccccc3)CC2)C(=O)O)cc1OC.Cl. The molecular formula is C49H63ClN2O7. The number of rotatable bonds is 15. The van der Waals surface area contributed by atoms with Gasteiger partial charge in [0.1, 0.15) is 0 Å². The zero-order valence-corrected chi connectivity index (χ0v) is 36.1. The summed E-state index contributed by atoms with van der Waals surface area (Å²) in [4.78, 5) is 30.1. The molecule has 0 radical (unpaired) electrons. The van der Waals surface area contributed by atoms with E-state index in [1.54, 1.807) is 28.4 Å². The molecule has 2 saturated heterocycles. The number of hydrogen-bond acceptors (Lipinski definition) is 8. The lowest BCUT2D eigenvalue weighted by Crippen LogP contribution is -2.35. The topological polar surface area (TPSA) is 97.8 Å². The molecule has 0 saturated carbocycles. The van der Waals surface area contributed by atoms with Crippen molar-refractivity contribution in [3.63, 3.8) is 0 Å². The fourth-order valence-corrected chi connectivity index (χ4v) is 9.07. The van der Waals surface area contributed by atoms with E-state index in [0.29, 0.717) is 47.0 Å². The number of ketones is 1. The van der Waals surface area contributed by atoms with Crippen LogP contribution in [0.3, 0.4) is 0 Å². The predicted molar refractivity (Wildman–Crippen MR) is 235 cm³/mol. The molecule has 2 aliphatic heterocycles. The summed E-state index contributed by atoms with van der Waals surface area (Å²) < 4.78 is 21.4. The van der Waals surface area contributed by atoms with E-state index >= 15 is 0 Å². The number of aryl methyl sites for hydroxylation is 1. The van der Waals surface area contributed by atoms with E-state index < -0.39 is 5.97 Å². The minimum absolute atomic E-state index is 0. The molecule has 4 aromatic carbocycles. The molecule has 7 rings (SSSR count). The summed E-state index contributed by atoms with van der Waals surface area (Å²) in [6.45, 7) is 6.32. The molecule has 10 heteroatoms. The van der Waals surface area contributed by atoms with Crippen LogP contribution in [0, 0.1) is 23.7 Å². The Morgan fingerprint density at radius 1 is 0.644 bits per heavy atom. The van der Waals surface area contributed by atoms with Gasteiger partial charge in [-0.25, -0.2) is 0 Å². The van der Waals surface area contributed by atoms with Crippen LogP contribution in [0.15, 0.2) is 91.0 Å². The number of carbonyl (C=O) groups is 2. The molecule has 2 fully saturated rings. The lowest BCUT2D eigenvalue weighted by molar-refractivity contribution is -0.142. The Hall–Kier alpha value is -4.57. The normalized spacial score (nSPS) is 18.0. The Morgan fingerprint density at radius 2 is 1.15 bits per heavy atom. The Balaban J connectivity index is 0.000000220. The van der Waals surface area contributed by atoms with Crippen LogP contribution in [0.4, 0.5) is 0 Å². The Labute approximate surface area is 357 Å². The zero-order chi connectivity index (χ0) is 40.9. The van der Waals surface area contributed by atoms with Crippen LogP contribution in [0.2, 0.25) is 0 Å². The summed E-state index contributed by atoms with van der Waals surface area (Å²) in [5.74, 6) is 3.12. The molecular weight excluding hydrogens is 764 g/mol. The Bertz CT molecular complexity index is 1850. The van der Waals surface area contributed by atoms with Gasteiger partial charge in [-0.05, 0) is 142 Å². The monoisotopic (exact) mass is 826 g/mol. The molecule has 4 aromatic rings. The van der Waals surface area contributed by atoms with E-state index in [1.165, 1.54) is 24.0 Å². The fourth-order valence-electron chi connectivity index (χ4n) is 9.07. The van der Waals surface area contributed by atoms with Crippen LogP contribution in [0.1, 0.15) is 77.6 Å². The first kappa shape index (κ1) is 45.5. The molecule has 9 nitrogen and oxygen atoms in total. The molecule has 0 bridgehead atoms. The average Bonchev–Trinajstić information content (AvgIpc) is 3.26. The largest absolute Gasteiger partial charge is 0.493 e. The maximum atomic E-state index is 13.2. The second-order valence-electron chi connectivity index (χ2n) is 16.3. The van der Waals surface area contributed by atoms with Gasteiger partial charge in [-0.1, -0.05) is 66.7 Å². The number of hydrogen-bond donors (Lipinski definition) is 1. The number of benzene rings is 4. The maximum absolute atomic E-state index is 13.2. The molecule has 1 aliphatic carbocycles. The highest BCUT2D eigenvalue weighted by atomic mass is 35.5. The van der Waals surface area contributed by atoms with Gasteiger partial charge in [0.05, 0.1) is 34.4 Å². The third kappa shape index (κ3) is 12.7. The molecule has 0 aromatic heterocycles. The molecule has 2 atom stereocenters. The van der Waals surface area contributed by atoms with Gasteiger partial charge in [0.25, 0.3) is 0 Å². The van der Waals surface area contributed by atoms with Gasteiger partial charge in [0.2, 0.25) is 0 Å². The van der Waals surface area contributed by atoms with Gasteiger partial charge in [0, 0.05) is 24.6 Å². The lowest BCUT2D eigenvalue weighted by atomic mass is 9.76. The maximum Gasteiger partial charge on any atom is 0.306 e. The number of carboxylic acids is 1. The summed E-state index contributed by atoms with van der Waals surface area (Å²) in [5, 5.41) is 9.77. The van der Waals surface area contributed by atoms with E-state index in [1.807, 2.05) is 36.4 Å². The zero-order valence-electron chi connectivity index (χ0n) is 35.3. The smallest absolute Gasteiger partial charge is 0.306 e. The van der Waals surface area contributed by atoms with Crippen molar-refractivity contribution < 1.29 is 33.6 Å². The minimum atomic E-state index is -0.716. The number of methoxy groups -OCH3 is 4. The molecule has 3 aliphatic rings. The standard InChI is InChI=1S/C25H31NO3.C24H31NO4.ClH/c1-28-23-15-20-8-9-21(25(27)22(20)16-24(23)29-2)14-18-10-12-26(13-11-18)17-19-6-4-3-5-7-19;1-28-22-9-8-20(16-23(22)29-2)15-21(24(26)27)14-18-10-12-25(13-11-18)17-19-6-4-3-5-7-19;/h3-7,15-16,18,21H,8-14,17H2,1-2H3;3-9,16,18,21H,10-15,17H2,1-2H3,(H,26,27);1H. The third-order valence-corrected chi connectivity index (χ3v) is 12.4. The highest BCUT2D eigenvalue weighted by Gasteiger charge is 2.32. The van der Waals surface area contributed by atoms with Crippen molar-refractivity contribution in [3.8, 4) is 23.0 Å². The van der Waals surface area contributed by atoms with Crippen LogP contribution in [-0.2, 0) is 30.7 Å². The summed E-state index contributed by atoms with van der Waals surface area (Å²) in [7, 11) is 6.46. The van der Waals surface area contributed by atoms with Crippen LogP contribution >= 0.6 is 12.4 Å². The van der Waals surface area contributed by atoms with E-state index in [4.69, 9.17) is 18.9 Å². The van der Waals surface area contributed by atoms with Crippen LogP contribution in [0.25, 0.3) is 0 Å². The van der Waals surface area contributed by atoms with Crippen LogP contribution < -0.4 is 18.9 Å². The number of piperidine rings is 2. The highest BCUT2D eigenvalue weighted by Crippen LogP contribution is 2.38. The summed E-state index contributed by atoms with van der Waals surface area (Å²) >= 11 is 0. The summed E-state index contributed by atoms with van der Waals surface area (Å²) in [6.07, 6.45) is 8.65. The molecule has 0 amide bonds. The van der Waals surface area contributed by atoms with Crippen molar-refractivity contribution in [1.82, 2.24) is 9.80 Å². The van der Waals surface area contributed by atoms with Crippen molar-refractivity contribution in [3.05, 3.63) is 119 Å². The van der Waals surface area contributed by atoms with Gasteiger partial charge in [0.15, 0.2) is 28.8 Å². The van der Waals surface area contributed by atoms with Crippen molar-refractivity contribution in [2.24, 2.45) is 23.7 Å². The molecule has 2 unspecified atom stereocenters. The number of carboxylic acid groups (broad SMARTS) is 1.